The second-order valence-corrected chi connectivity index (χ2v) is 6.82. The minimum absolute atomic E-state index is 0.153. The summed E-state index contributed by atoms with van der Waals surface area (Å²) in [5.74, 6) is 0.121. The van der Waals surface area contributed by atoms with E-state index in [1.807, 2.05) is 26.0 Å². The van der Waals surface area contributed by atoms with Crippen LogP contribution in [0.15, 0.2) is 24.3 Å². The Morgan fingerprint density at radius 3 is 2.52 bits per heavy atom. The molecule has 0 saturated carbocycles. The second kappa shape index (κ2) is 5.97. The number of carbonyl (C=O) groups excluding carboxylic acids is 1. The van der Waals surface area contributed by atoms with Crippen molar-refractivity contribution in [3.05, 3.63) is 29.8 Å². The number of anilines is 1. The Hall–Kier alpha value is -1.69. The van der Waals surface area contributed by atoms with Crippen LogP contribution in [0, 0.1) is 0 Å². The maximum atomic E-state index is 12.8. The number of rotatable bonds is 3. The maximum Gasteiger partial charge on any atom is 0.327 e. The first-order valence-electron chi connectivity index (χ1n) is 6.81. The molecule has 1 heterocycles. The highest BCUT2D eigenvalue weighted by molar-refractivity contribution is 7.99. The summed E-state index contributed by atoms with van der Waals surface area (Å²) in [5, 5.41) is 9.31. The Balaban J connectivity index is 2.27. The number of benzene rings is 1. The van der Waals surface area contributed by atoms with Crippen LogP contribution in [0.1, 0.15) is 19.4 Å². The fourth-order valence-electron chi connectivity index (χ4n) is 2.43. The Morgan fingerprint density at radius 2 is 1.95 bits per heavy atom. The lowest BCUT2D eigenvalue weighted by atomic mass is 9.82. The lowest BCUT2D eigenvalue weighted by Crippen LogP contribution is -2.55. The van der Waals surface area contributed by atoms with Gasteiger partial charge in [-0.1, -0.05) is 12.1 Å². The monoisotopic (exact) mass is 308 g/mol. The molecule has 21 heavy (non-hydrogen) atoms. The van der Waals surface area contributed by atoms with Gasteiger partial charge in [0, 0.05) is 23.7 Å². The number of carboxylic acid groups (broad SMARTS) is 1. The molecule has 0 aliphatic carbocycles. The number of hydrogen-bond acceptors (Lipinski definition) is 4. The molecule has 0 aromatic heterocycles. The average Bonchev–Trinajstić information content (AvgIpc) is 2.46. The lowest BCUT2D eigenvalue weighted by molar-refractivity contribution is -0.151. The van der Waals surface area contributed by atoms with Crippen LogP contribution in [0.2, 0.25) is 0 Å². The summed E-state index contributed by atoms with van der Waals surface area (Å²) >= 11 is 1.57. The Bertz CT molecular complexity index is 542. The standard InChI is InChI=1S/C15H20N2O3S/c1-15(2,10-3-5-11(16)6-4-10)14(20)17-7-8-21-9-12(17)13(18)19/h3-6,12H,7-9,16H2,1-2H3,(H,18,19). The van der Waals surface area contributed by atoms with Crippen LogP contribution in [-0.2, 0) is 15.0 Å². The van der Waals surface area contributed by atoms with Crippen molar-refractivity contribution in [1.82, 2.24) is 4.90 Å². The van der Waals surface area contributed by atoms with Gasteiger partial charge in [0.25, 0.3) is 0 Å². The first kappa shape index (κ1) is 15.7. The Morgan fingerprint density at radius 1 is 1.33 bits per heavy atom. The van der Waals surface area contributed by atoms with Crippen molar-refractivity contribution in [1.29, 1.82) is 0 Å². The third-order valence-corrected chi connectivity index (χ3v) is 4.86. The molecule has 114 valence electrons. The summed E-state index contributed by atoms with van der Waals surface area (Å²) in [5.41, 5.74) is 6.38. The molecule has 1 unspecified atom stereocenters. The number of nitrogens with zero attached hydrogens (tertiary/aromatic N) is 1. The normalized spacial score (nSPS) is 19.3. The van der Waals surface area contributed by atoms with E-state index in [-0.39, 0.29) is 5.91 Å². The smallest absolute Gasteiger partial charge is 0.327 e. The molecule has 1 aromatic rings. The fraction of sp³-hybridized carbons (Fsp3) is 0.467. The van der Waals surface area contributed by atoms with Crippen molar-refractivity contribution < 1.29 is 14.7 Å². The van der Waals surface area contributed by atoms with Gasteiger partial charge in [0.2, 0.25) is 5.91 Å². The van der Waals surface area contributed by atoms with Gasteiger partial charge in [0.05, 0.1) is 5.41 Å². The molecule has 1 aliphatic heterocycles. The van der Waals surface area contributed by atoms with E-state index in [0.29, 0.717) is 18.0 Å². The number of carbonyl (C=O) groups is 2. The first-order valence-corrected chi connectivity index (χ1v) is 7.97. The number of carboxylic acids is 1. The quantitative estimate of drug-likeness (QED) is 0.828. The highest BCUT2D eigenvalue weighted by Crippen LogP contribution is 2.29. The number of nitrogens with two attached hydrogens (primary N) is 1. The minimum atomic E-state index is -0.941. The van der Waals surface area contributed by atoms with Crippen LogP contribution in [0.4, 0.5) is 5.69 Å². The molecule has 1 fully saturated rings. The van der Waals surface area contributed by atoms with Gasteiger partial charge in [0.1, 0.15) is 6.04 Å². The van der Waals surface area contributed by atoms with E-state index < -0.39 is 17.4 Å². The molecular weight excluding hydrogens is 288 g/mol. The number of aliphatic carboxylic acids is 1. The van der Waals surface area contributed by atoms with E-state index in [1.165, 1.54) is 4.90 Å². The highest BCUT2D eigenvalue weighted by atomic mass is 32.2. The zero-order valence-electron chi connectivity index (χ0n) is 12.2. The van der Waals surface area contributed by atoms with E-state index in [1.54, 1.807) is 23.9 Å². The summed E-state index contributed by atoms with van der Waals surface area (Å²) in [6.45, 7) is 4.11. The zero-order valence-corrected chi connectivity index (χ0v) is 13.0. The molecule has 0 radical (unpaired) electrons. The average molecular weight is 308 g/mol. The highest BCUT2D eigenvalue weighted by Gasteiger charge is 2.40. The van der Waals surface area contributed by atoms with E-state index in [2.05, 4.69) is 0 Å². The molecule has 6 heteroatoms. The molecule has 2 rings (SSSR count). The zero-order chi connectivity index (χ0) is 15.6. The predicted octanol–water partition coefficient (Wildman–Crippen LogP) is 1.57. The summed E-state index contributed by atoms with van der Waals surface area (Å²) in [7, 11) is 0. The SMILES string of the molecule is CC(C)(C(=O)N1CCSCC1C(=O)O)c1ccc(N)cc1. The van der Waals surface area contributed by atoms with Crippen LogP contribution in [0.25, 0.3) is 0 Å². The van der Waals surface area contributed by atoms with Gasteiger partial charge in [-0.25, -0.2) is 4.79 Å². The minimum Gasteiger partial charge on any atom is -0.480 e. The van der Waals surface area contributed by atoms with Crippen LogP contribution in [0.3, 0.4) is 0 Å². The molecule has 1 aromatic carbocycles. The lowest BCUT2D eigenvalue weighted by Gasteiger charge is -2.38. The van der Waals surface area contributed by atoms with Crippen molar-refractivity contribution in [2.45, 2.75) is 25.3 Å². The predicted molar refractivity (Wildman–Crippen MR) is 84.3 cm³/mol. The van der Waals surface area contributed by atoms with Crippen molar-refractivity contribution >= 4 is 29.3 Å². The molecule has 1 aliphatic rings. The van der Waals surface area contributed by atoms with Crippen molar-refractivity contribution in [3.63, 3.8) is 0 Å². The molecule has 1 saturated heterocycles. The van der Waals surface area contributed by atoms with Gasteiger partial charge >= 0.3 is 5.97 Å². The molecule has 0 bridgehead atoms. The Kier molecular flexibility index (Phi) is 4.46. The van der Waals surface area contributed by atoms with E-state index >= 15 is 0 Å². The number of amides is 1. The third-order valence-electron chi connectivity index (χ3n) is 3.84. The second-order valence-electron chi connectivity index (χ2n) is 5.67. The Labute approximate surface area is 128 Å². The van der Waals surface area contributed by atoms with Crippen molar-refractivity contribution in [3.8, 4) is 0 Å². The fourth-order valence-corrected chi connectivity index (χ4v) is 3.47. The number of hydrogen-bond donors (Lipinski definition) is 2. The molecule has 3 N–H and O–H groups in total. The van der Waals surface area contributed by atoms with Gasteiger partial charge in [-0.3, -0.25) is 4.79 Å². The summed E-state index contributed by atoms with van der Waals surface area (Å²) in [6.07, 6.45) is 0. The largest absolute Gasteiger partial charge is 0.480 e. The van der Waals surface area contributed by atoms with Crippen LogP contribution in [-0.4, -0.2) is 46.0 Å². The van der Waals surface area contributed by atoms with E-state index in [9.17, 15) is 14.7 Å². The molecule has 1 amide bonds. The van der Waals surface area contributed by atoms with Gasteiger partial charge in [0.15, 0.2) is 0 Å². The molecule has 0 spiro atoms. The molecular formula is C15H20N2O3S. The summed E-state index contributed by atoms with van der Waals surface area (Å²) < 4.78 is 0. The van der Waals surface area contributed by atoms with Gasteiger partial charge in [-0.15, -0.1) is 0 Å². The third kappa shape index (κ3) is 3.15. The number of thioether (sulfide) groups is 1. The summed E-state index contributed by atoms with van der Waals surface area (Å²) in [4.78, 5) is 25.7. The van der Waals surface area contributed by atoms with Crippen LogP contribution < -0.4 is 5.73 Å². The topological polar surface area (TPSA) is 83.6 Å². The summed E-state index contributed by atoms with van der Waals surface area (Å²) in [6, 6.07) is 6.41. The molecule has 5 nitrogen and oxygen atoms in total. The van der Waals surface area contributed by atoms with Gasteiger partial charge < -0.3 is 15.7 Å². The number of nitrogen functional groups attached to an aromatic ring is 1. The van der Waals surface area contributed by atoms with Crippen molar-refractivity contribution in [2.75, 3.05) is 23.8 Å². The molecule has 1 atom stereocenters. The first-order chi connectivity index (χ1) is 9.84. The van der Waals surface area contributed by atoms with Crippen LogP contribution in [0.5, 0.6) is 0 Å². The van der Waals surface area contributed by atoms with E-state index in [4.69, 9.17) is 5.73 Å². The van der Waals surface area contributed by atoms with E-state index in [0.717, 1.165) is 11.3 Å². The van der Waals surface area contributed by atoms with Crippen molar-refractivity contribution in [2.24, 2.45) is 0 Å². The maximum absolute atomic E-state index is 12.8. The van der Waals surface area contributed by atoms with Crippen LogP contribution >= 0.6 is 11.8 Å². The van der Waals surface area contributed by atoms with Gasteiger partial charge in [-0.2, -0.15) is 11.8 Å². The van der Waals surface area contributed by atoms with Gasteiger partial charge in [-0.05, 0) is 31.5 Å².